The molecule has 0 aliphatic carbocycles. The van der Waals surface area contributed by atoms with Crippen LogP contribution in [-0.2, 0) is 9.47 Å². The fourth-order valence-corrected chi connectivity index (χ4v) is 1.47. The van der Waals surface area contributed by atoms with Gasteiger partial charge in [-0.3, -0.25) is 10.1 Å². The highest BCUT2D eigenvalue weighted by Gasteiger charge is 2.13. The van der Waals surface area contributed by atoms with Crippen LogP contribution < -0.4 is 15.2 Å². The van der Waals surface area contributed by atoms with Gasteiger partial charge in [0.2, 0.25) is 0 Å². The van der Waals surface area contributed by atoms with Crippen LogP contribution in [0.3, 0.4) is 0 Å². The molecule has 0 spiro atoms. The van der Waals surface area contributed by atoms with Gasteiger partial charge in [-0.2, -0.15) is 0 Å². The summed E-state index contributed by atoms with van der Waals surface area (Å²) in [5, 5.41) is 10.8. The molecule has 0 atom stereocenters. The maximum atomic E-state index is 10.8. The van der Waals surface area contributed by atoms with Gasteiger partial charge in [-0.15, -0.1) is 0 Å². The van der Waals surface area contributed by atoms with Crippen LogP contribution in [-0.4, -0.2) is 51.6 Å². The summed E-state index contributed by atoms with van der Waals surface area (Å²) < 4.78 is 21.0. The lowest BCUT2D eigenvalue weighted by atomic mass is 10.3. The Morgan fingerprint density at radius 3 is 2.48 bits per heavy atom. The number of benzene rings is 1. The molecule has 1 rings (SSSR count). The molecule has 0 radical (unpaired) electrons. The molecular formula is C13H20N2O6. The first-order valence-corrected chi connectivity index (χ1v) is 6.49. The summed E-state index contributed by atoms with van der Waals surface area (Å²) >= 11 is 0. The smallest absolute Gasteiger partial charge is 0.273 e. The van der Waals surface area contributed by atoms with Crippen LogP contribution in [0.15, 0.2) is 18.2 Å². The minimum atomic E-state index is -0.489. The van der Waals surface area contributed by atoms with E-state index in [4.69, 9.17) is 24.7 Å². The Morgan fingerprint density at radius 1 is 1.10 bits per heavy atom. The van der Waals surface area contributed by atoms with Gasteiger partial charge in [0, 0.05) is 19.7 Å². The SMILES string of the molecule is COCCOc1cc([N+](=O)[O-])ccc1OCCOCCN. The molecule has 1 aromatic rings. The van der Waals surface area contributed by atoms with E-state index in [1.165, 1.54) is 18.2 Å². The number of methoxy groups -OCH3 is 1. The zero-order valence-corrected chi connectivity index (χ0v) is 11.9. The Bertz CT molecular complexity index is 441. The number of nitrogens with two attached hydrogens (primary N) is 1. The molecule has 0 saturated carbocycles. The van der Waals surface area contributed by atoms with E-state index >= 15 is 0 Å². The van der Waals surface area contributed by atoms with E-state index in [2.05, 4.69) is 0 Å². The van der Waals surface area contributed by atoms with Gasteiger partial charge in [-0.1, -0.05) is 0 Å². The summed E-state index contributed by atoms with van der Waals surface area (Å²) in [4.78, 5) is 10.3. The second kappa shape index (κ2) is 9.92. The number of nitro benzene ring substituents is 1. The van der Waals surface area contributed by atoms with Gasteiger partial charge in [-0.25, -0.2) is 0 Å². The summed E-state index contributed by atoms with van der Waals surface area (Å²) in [6.45, 7) is 2.24. The molecule has 21 heavy (non-hydrogen) atoms. The van der Waals surface area contributed by atoms with Gasteiger partial charge < -0.3 is 24.7 Å². The Labute approximate surface area is 122 Å². The zero-order valence-electron chi connectivity index (χ0n) is 11.9. The summed E-state index contributed by atoms with van der Waals surface area (Å²) in [6, 6.07) is 4.19. The summed E-state index contributed by atoms with van der Waals surface area (Å²) in [7, 11) is 1.54. The van der Waals surface area contributed by atoms with Crippen LogP contribution in [0.4, 0.5) is 5.69 Å². The van der Waals surface area contributed by atoms with Crippen molar-refractivity contribution in [1.82, 2.24) is 0 Å². The number of hydrogen-bond acceptors (Lipinski definition) is 7. The fourth-order valence-electron chi connectivity index (χ4n) is 1.47. The topological polar surface area (TPSA) is 106 Å². The summed E-state index contributed by atoms with van der Waals surface area (Å²) in [5.74, 6) is 0.730. The van der Waals surface area contributed by atoms with Crippen LogP contribution in [0.2, 0.25) is 0 Å². The van der Waals surface area contributed by atoms with E-state index < -0.39 is 4.92 Å². The molecule has 0 aliphatic rings. The molecule has 0 bridgehead atoms. The number of hydrogen-bond donors (Lipinski definition) is 1. The number of non-ortho nitro benzene ring substituents is 1. The quantitative estimate of drug-likeness (QED) is 0.369. The highest BCUT2D eigenvalue weighted by molar-refractivity contribution is 5.48. The van der Waals surface area contributed by atoms with Crippen molar-refractivity contribution in [3.8, 4) is 11.5 Å². The van der Waals surface area contributed by atoms with E-state index in [-0.39, 0.29) is 12.3 Å². The Morgan fingerprint density at radius 2 is 1.81 bits per heavy atom. The lowest BCUT2D eigenvalue weighted by Gasteiger charge is -2.12. The second-order valence-electron chi connectivity index (χ2n) is 3.98. The third-order valence-corrected chi connectivity index (χ3v) is 2.43. The van der Waals surface area contributed by atoms with Crippen LogP contribution in [0.25, 0.3) is 0 Å². The van der Waals surface area contributed by atoms with Gasteiger partial charge in [0.15, 0.2) is 11.5 Å². The highest BCUT2D eigenvalue weighted by atomic mass is 16.6. The largest absolute Gasteiger partial charge is 0.487 e. The number of nitro groups is 1. The van der Waals surface area contributed by atoms with Crippen LogP contribution in [0.5, 0.6) is 11.5 Å². The number of ether oxygens (including phenoxy) is 4. The Kier molecular flexibility index (Phi) is 8.10. The van der Waals surface area contributed by atoms with Crippen molar-refractivity contribution >= 4 is 5.69 Å². The third-order valence-electron chi connectivity index (χ3n) is 2.43. The molecule has 0 saturated heterocycles. The predicted molar refractivity (Wildman–Crippen MR) is 75.8 cm³/mol. The molecule has 0 fully saturated rings. The molecule has 1 aromatic carbocycles. The van der Waals surface area contributed by atoms with Crippen molar-refractivity contribution in [3.63, 3.8) is 0 Å². The van der Waals surface area contributed by atoms with Crippen LogP contribution >= 0.6 is 0 Å². The van der Waals surface area contributed by atoms with E-state index in [0.29, 0.717) is 44.5 Å². The lowest BCUT2D eigenvalue weighted by Crippen LogP contribution is -2.13. The summed E-state index contributed by atoms with van der Waals surface area (Å²) in [6.07, 6.45) is 0. The molecular weight excluding hydrogens is 280 g/mol. The van der Waals surface area contributed by atoms with E-state index in [9.17, 15) is 10.1 Å². The standard InChI is InChI=1S/C13H20N2O6/c1-18-6-8-21-13-10-11(15(16)17)2-3-12(13)20-9-7-19-5-4-14/h2-3,10H,4-9,14H2,1H3. The first-order chi connectivity index (χ1) is 10.2. The summed E-state index contributed by atoms with van der Waals surface area (Å²) in [5.41, 5.74) is 5.24. The molecule has 8 nitrogen and oxygen atoms in total. The molecule has 0 aliphatic heterocycles. The third kappa shape index (κ3) is 6.39. The second-order valence-corrected chi connectivity index (χ2v) is 3.98. The normalized spacial score (nSPS) is 10.4. The maximum absolute atomic E-state index is 10.8. The minimum Gasteiger partial charge on any atom is -0.487 e. The molecule has 0 heterocycles. The maximum Gasteiger partial charge on any atom is 0.273 e. The van der Waals surface area contributed by atoms with Gasteiger partial charge in [0.25, 0.3) is 5.69 Å². The Balaban J connectivity index is 2.64. The number of rotatable bonds is 11. The van der Waals surface area contributed by atoms with Gasteiger partial charge in [-0.05, 0) is 6.07 Å². The van der Waals surface area contributed by atoms with Crippen molar-refractivity contribution in [2.75, 3.05) is 46.7 Å². The van der Waals surface area contributed by atoms with Crippen molar-refractivity contribution < 1.29 is 23.9 Å². The van der Waals surface area contributed by atoms with Crippen molar-refractivity contribution in [3.05, 3.63) is 28.3 Å². The average Bonchev–Trinajstić information content (AvgIpc) is 2.48. The molecule has 118 valence electrons. The van der Waals surface area contributed by atoms with E-state index in [0.717, 1.165) is 0 Å². The highest BCUT2D eigenvalue weighted by Crippen LogP contribution is 2.31. The first-order valence-electron chi connectivity index (χ1n) is 6.49. The number of nitrogens with zero attached hydrogens (tertiary/aromatic N) is 1. The van der Waals surface area contributed by atoms with E-state index in [1.54, 1.807) is 7.11 Å². The predicted octanol–water partition coefficient (Wildman–Crippen LogP) is 0.974. The van der Waals surface area contributed by atoms with Crippen LogP contribution in [0, 0.1) is 10.1 Å². The lowest BCUT2D eigenvalue weighted by molar-refractivity contribution is -0.385. The van der Waals surface area contributed by atoms with Gasteiger partial charge in [0.1, 0.15) is 13.2 Å². The van der Waals surface area contributed by atoms with Crippen molar-refractivity contribution in [2.24, 2.45) is 5.73 Å². The van der Waals surface area contributed by atoms with E-state index in [1.807, 2.05) is 0 Å². The Hall–Kier alpha value is -1.90. The molecule has 2 N–H and O–H groups in total. The first kappa shape index (κ1) is 17.2. The van der Waals surface area contributed by atoms with Gasteiger partial charge in [0.05, 0.1) is 30.8 Å². The molecule has 0 unspecified atom stereocenters. The van der Waals surface area contributed by atoms with Crippen LogP contribution in [0.1, 0.15) is 0 Å². The van der Waals surface area contributed by atoms with Crippen molar-refractivity contribution in [2.45, 2.75) is 0 Å². The van der Waals surface area contributed by atoms with Crippen molar-refractivity contribution in [1.29, 1.82) is 0 Å². The molecule has 8 heteroatoms. The van der Waals surface area contributed by atoms with Gasteiger partial charge >= 0.3 is 0 Å². The minimum absolute atomic E-state index is 0.0610. The molecule has 0 aromatic heterocycles. The zero-order chi connectivity index (χ0) is 15.5. The average molecular weight is 300 g/mol. The monoisotopic (exact) mass is 300 g/mol. The molecule has 0 amide bonds. The fraction of sp³-hybridized carbons (Fsp3) is 0.538.